The number of ether oxygens (including phenoxy) is 2. The van der Waals surface area contributed by atoms with Crippen LogP contribution < -0.4 is 24.6 Å². The Bertz CT molecular complexity index is 1530. The van der Waals surface area contributed by atoms with E-state index in [4.69, 9.17) is 26.1 Å². The number of hydrogen-bond acceptors (Lipinski definition) is 7. The van der Waals surface area contributed by atoms with Gasteiger partial charge in [0.05, 0.1) is 30.8 Å². The van der Waals surface area contributed by atoms with Crippen molar-refractivity contribution in [1.82, 2.24) is 4.98 Å². The molecular formula is C40H55ClN4O5. The van der Waals surface area contributed by atoms with Crippen molar-refractivity contribution in [2.45, 2.75) is 105 Å². The number of nitrogens with zero attached hydrogens (tertiary/aromatic N) is 3. The Balaban J connectivity index is 1.85. The Morgan fingerprint density at radius 3 is 2.02 bits per heavy atom. The molecular weight excluding hydrogens is 652 g/mol. The van der Waals surface area contributed by atoms with Crippen molar-refractivity contribution in [3.8, 4) is 11.5 Å². The number of ketones is 1. The van der Waals surface area contributed by atoms with E-state index in [2.05, 4.69) is 17.1 Å². The number of methoxy groups -OCH3 is 1. The third-order valence-corrected chi connectivity index (χ3v) is 9.05. The first-order chi connectivity index (χ1) is 24.1. The molecule has 0 saturated heterocycles. The first kappa shape index (κ1) is 40.3. The standard InChI is InChI=1S/C40H55ClN4O5/c1-7-10-11-12-13-14-15-16-17-18-27-50-36-25-21-32(41)28-34(36)43-40(48)38(39(47)31-19-22-33(49-6)23-20-31)45(30(5)46)35-24-26-37(42-29(35)4)44(8-2)9-3/h19-26,28,38H,7-18,27H2,1-6H3,(H,43,48). The molecule has 0 aliphatic carbocycles. The minimum atomic E-state index is -1.56. The number of carbonyl (C=O) groups excluding carboxylic acids is 3. The summed E-state index contributed by atoms with van der Waals surface area (Å²) in [5.74, 6) is -0.0330. The number of anilines is 3. The van der Waals surface area contributed by atoms with Crippen LogP contribution in [0.1, 0.15) is 108 Å². The molecule has 1 aromatic heterocycles. The van der Waals surface area contributed by atoms with Gasteiger partial charge in [0.2, 0.25) is 5.91 Å². The second-order valence-electron chi connectivity index (χ2n) is 12.5. The van der Waals surface area contributed by atoms with Gasteiger partial charge in [-0.2, -0.15) is 0 Å². The summed E-state index contributed by atoms with van der Waals surface area (Å²) < 4.78 is 11.4. The fourth-order valence-electron chi connectivity index (χ4n) is 5.97. The topological polar surface area (TPSA) is 101 Å². The van der Waals surface area contributed by atoms with Gasteiger partial charge in [-0.15, -0.1) is 0 Å². The highest BCUT2D eigenvalue weighted by Crippen LogP contribution is 2.31. The lowest BCUT2D eigenvalue weighted by Crippen LogP contribution is -2.52. The Hall–Kier alpha value is -4.11. The number of nitrogens with one attached hydrogen (secondary N) is 1. The van der Waals surface area contributed by atoms with Crippen molar-refractivity contribution in [2.75, 3.05) is 41.9 Å². The zero-order chi connectivity index (χ0) is 36.5. The number of pyridine rings is 1. The van der Waals surface area contributed by atoms with Gasteiger partial charge in [0.15, 0.2) is 11.8 Å². The van der Waals surface area contributed by atoms with Crippen LogP contribution in [-0.4, -0.2) is 55.4 Å². The van der Waals surface area contributed by atoms with E-state index in [1.54, 1.807) is 61.5 Å². The molecule has 1 unspecified atom stereocenters. The van der Waals surface area contributed by atoms with Crippen molar-refractivity contribution in [2.24, 2.45) is 0 Å². The van der Waals surface area contributed by atoms with Gasteiger partial charge in [-0.1, -0.05) is 76.3 Å². The normalized spacial score (nSPS) is 11.5. The summed E-state index contributed by atoms with van der Waals surface area (Å²) in [5.41, 5.74) is 1.43. The van der Waals surface area contributed by atoms with E-state index in [9.17, 15) is 14.4 Å². The Kier molecular flexibility index (Phi) is 17.1. The fourth-order valence-corrected chi connectivity index (χ4v) is 6.15. The molecule has 3 aromatic rings. The molecule has 2 amide bonds. The first-order valence-corrected chi connectivity index (χ1v) is 18.5. The van der Waals surface area contributed by atoms with E-state index in [0.29, 0.717) is 40.2 Å². The third kappa shape index (κ3) is 11.8. The summed E-state index contributed by atoms with van der Waals surface area (Å²) in [6, 6.07) is 13.4. The van der Waals surface area contributed by atoms with Crippen LogP contribution in [0.2, 0.25) is 5.02 Å². The lowest BCUT2D eigenvalue weighted by molar-refractivity contribution is -0.121. The molecule has 272 valence electrons. The van der Waals surface area contributed by atoms with Crippen LogP contribution in [0, 0.1) is 6.92 Å². The highest BCUT2D eigenvalue weighted by Gasteiger charge is 2.38. The molecule has 1 N–H and O–H groups in total. The number of halogens is 1. The van der Waals surface area contributed by atoms with Gasteiger partial charge in [0.1, 0.15) is 17.3 Å². The predicted octanol–water partition coefficient (Wildman–Crippen LogP) is 9.44. The number of benzene rings is 2. The molecule has 1 heterocycles. The number of Topliss-reactive ketones (excluding diaryl/α,β-unsaturated/α-hetero) is 1. The van der Waals surface area contributed by atoms with Crippen molar-refractivity contribution < 1.29 is 23.9 Å². The lowest BCUT2D eigenvalue weighted by atomic mass is 10.00. The summed E-state index contributed by atoms with van der Waals surface area (Å²) >= 11 is 6.37. The van der Waals surface area contributed by atoms with Gasteiger partial charge < -0.3 is 19.7 Å². The van der Waals surface area contributed by atoms with Crippen LogP contribution in [0.4, 0.5) is 17.2 Å². The number of aryl methyl sites for hydroxylation is 1. The molecule has 0 fully saturated rings. The Morgan fingerprint density at radius 1 is 0.840 bits per heavy atom. The Morgan fingerprint density at radius 2 is 1.46 bits per heavy atom. The van der Waals surface area contributed by atoms with Crippen molar-refractivity contribution in [1.29, 1.82) is 0 Å². The number of hydrogen-bond donors (Lipinski definition) is 1. The molecule has 1 atom stereocenters. The van der Waals surface area contributed by atoms with Gasteiger partial charge in [-0.05, 0) is 81.8 Å². The Labute approximate surface area is 303 Å². The second-order valence-corrected chi connectivity index (χ2v) is 12.9. The fraction of sp³-hybridized carbons (Fsp3) is 0.500. The number of rotatable bonds is 22. The first-order valence-electron chi connectivity index (χ1n) is 18.1. The second kappa shape index (κ2) is 21.2. The molecule has 9 nitrogen and oxygen atoms in total. The summed E-state index contributed by atoms with van der Waals surface area (Å²) in [6.45, 7) is 11.4. The molecule has 0 aliphatic heterocycles. The SMILES string of the molecule is CCCCCCCCCCCCOc1ccc(Cl)cc1NC(=O)C(C(=O)c1ccc(OC)cc1)N(C(C)=O)c1ccc(N(CC)CC)nc1C. The van der Waals surface area contributed by atoms with E-state index in [0.717, 1.165) is 38.2 Å². The number of aromatic nitrogens is 1. The van der Waals surface area contributed by atoms with E-state index in [1.165, 1.54) is 63.9 Å². The molecule has 50 heavy (non-hydrogen) atoms. The molecule has 0 aliphatic rings. The molecule has 2 aromatic carbocycles. The van der Waals surface area contributed by atoms with Gasteiger partial charge >= 0.3 is 0 Å². The lowest BCUT2D eigenvalue weighted by Gasteiger charge is -2.31. The smallest absolute Gasteiger partial charge is 0.255 e. The summed E-state index contributed by atoms with van der Waals surface area (Å²) in [7, 11) is 1.53. The van der Waals surface area contributed by atoms with Gasteiger partial charge in [0, 0.05) is 30.6 Å². The average Bonchev–Trinajstić information content (AvgIpc) is 3.10. The molecule has 10 heteroatoms. The molecule has 0 saturated carbocycles. The number of unbranched alkanes of at least 4 members (excludes halogenated alkanes) is 9. The van der Waals surface area contributed by atoms with Crippen LogP contribution in [-0.2, 0) is 9.59 Å². The van der Waals surface area contributed by atoms with Gasteiger partial charge in [0.25, 0.3) is 5.91 Å². The maximum absolute atomic E-state index is 14.3. The maximum Gasteiger partial charge on any atom is 0.255 e. The van der Waals surface area contributed by atoms with Crippen LogP contribution in [0.15, 0.2) is 54.6 Å². The maximum atomic E-state index is 14.3. The van der Waals surface area contributed by atoms with Crippen molar-refractivity contribution in [3.63, 3.8) is 0 Å². The average molecular weight is 707 g/mol. The van der Waals surface area contributed by atoms with Gasteiger partial charge in [-0.3, -0.25) is 19.3 Å². The number of carbonyl (C=O) groups is 3. The van der Waals surface area contributed by atoms with Crippen LogP contribution in [0.3, 0.4) is 0 Å². The molecule has 0 spiro atoms. The van der Waals surface area contributed by atoms with Crippen LogP contribution in [0.5, 0.6) is 11.5 Å². The van der Waals surface area contributed by atoms with E-state index in [1.807, 2.05) is 13.8 Å². The highest BCUT2D eigenvalue weighted by atomic mass is 35.5. The van der Waals surface area contributed by atoms with Crippen LogP contribution >= 0.6 is 11.6 Å². The quantitative estimate of drug-likeness (QED) is 0.0631. The number of amides is 2. The minimum absolute atomic E-state index is 0.242. The van der Waals surface area contributed by atoms with E-state index < -0.39 is 23.6 Å². The predicted molar refractivity (Wildman–Crippen MR) is 204 cm³/mol. The van der Waals surface area contributed by atoms with Crippen molar-refractivity contribution in [3.05, 3.63) is 70.9 Å². The largest absolute Gasteiger partial charge is 0.497 e. The zero-order valence-corrected chi connectivity index (χ0v) is 31.5. The zero-order valence-electron chi connectivity index (χ0n) is 30.7. The molecule has 0 bridgehead atoms. The molecule has 0 radical (unpaired) electrons. The van der Waals surface area contributed by atoms with E-state index >= 15 is 0 Å². The van der Waals surface area contributed by atoms with Crippen LogP contribution in [0.25, 0.3) is 0 Å². The third-order valence-electron chi connectivity index (χ3n) is 8.81. The minimum Gasteiger partial charge on any atom is -0.497 e. The highest BCUT2D eigenvalue weighted by molar-refractivity contribution is 6.31. The van der Waals surface area contributed by atoms with E-state index in [-0.39, 0.29) is 5.56 Å². The monoisotopic (exact) mass is 706 g/mol. The van der Waals surface area contributed by atoms with Gasteiger partial charge in [-0.25, -0.2) is 4.98 Å². The van der Waals surface area contributed by atoms with Crippen molar-refractivity contribution >= 4 is 46.4 Å². The molecule has 3 rings (SSSR count). The summed E-state index contributed by atoms with van der Waals surface area (Å²) in [5, 5.41) is 3.26. The summed E-state index contributed by atoms with van der Waals surface area (Å²) in [6.07, 6.45) is 12.1. The summed E-state index contributed by atoms with van der Waals surface area (Å²) in [4.78, 5) is 50.0.